The van der Waals surface area contributed by atoms with E-state index in [0.29, 0.717) is 10.8 Å². The number of nitrogens with zero attached hydrogens (tertiary/aromatic N) is 2. The number of rotatable bonds is 7. The largest absolute Gasteiger partial charge is 0.395 e. The van der Waals surface area contributed by atoms with E-state index in [1.807, 2.05) is 0 Å². The number of benzene rings is 1. The molecule has 0 unspecified atom stereocenters. The zero-order valence-corrected chi connectivity index (χ0v) is 13.3. The van der Waals surface area contributed by atoms with Gasteiger partial charge in [-0.2, -0.15) is 0 Å². The van der Waals surface area contributed by atoms with Gasteiger partial charge < -0.3 is 10.4 Å². The van der Waals surface area contributed by atoms with Crippen LogP contribution in [0, 0.1) is 0 Å². The molecule has 2 rings (SSSR count). The summed E-state index contributed by atoms with van der Waals surface area (Å²) in [4.78, 5) is 29.4. The monoisotopic (exact) mass is 331 g/mol. The second kappa shape index (κ2) is 8.21. The Bertz CT molecular complexity index is 686. The number of anilines is 2. The number of aliphatic hydroxyl groups excluding tert-OH is 1. The smallest absolute Gasteiger partial charge is 0.247 e. The van der Waals surface area contributed by atoms with Gasteiger partial charge in [-0.3, -0.25) is 14.5 Å². The lowest BCUT2D eigenvalue weighted by molar-refractivity contribution is -0.118. The first-order valence-corrected chi connectivity index (χ1v) is 7.85. The van der Waals surface area contributed by atoms with Gasteiger partial charge in [0.1, 0.15) is 0 Å². The van der Waals surface area contributed by atoms with Gasteiger partial charge in [0.2, 0.25) is 11.8 Å². The van der Waals surface area contributed by atoms with Crippen LogP contribution in [0.4, 0.5) is 10.8 Å². The molecule has 23 heavy (non-hydrogen) atoms. The number of nitrogens with one attached hydrogen (secondary N) is 1. The van der Waals surface area contributed by atoms with Crippen molar-refractivity contribution in [3.8, 4) is 0 Å². The molecule has 0 aliphatic rings. The fourth-order valence-electron chi connectivity index (χ4n) is 2.00. The molecule has 120 valence electrons. The average Bonchev–Trinajstić information content (AvgIpc) is 3.06. The first-order chi connectivity index (χ1) is 11.1. The molecule has 0 aliphatic carbocycles. The maximum absolute atomic E-state index is 12.5. The molecular formula is C16H17N3O3S. The topological polar surface area (TPSA) is 82.5 Å². The molecular weight excluding hydrogens is 314 g/mol. The van der Waals surface area contributed by atoms with Crippen LogP contribution >= 0.6 is 11.3 Å². The van der Waals surface area contributed by atoms with Gasteiger partial charge >= 0.3 is 0 Å². The van der Waals surface area contributed by atoms with E-state index in [1.165, 1.54) is 22.3 Å². The van der Waals surface area contributed by atoms with Crippen molar-refractivity contribution in [1.29, 1.82) is 0 Å². The highest BCUT2D eigenvalue weighted by molar-refractivity contribution is 7.13. The van der Waals surface area contributed by atoms with Crippen LogP contribution in [-0.2, 0) is 16.0 Å². The summed E-state index contributed by atoms with van der Waals surface area (Å²) < 4.78 is 0. The summed E-state index contributed by atoms with van der Waals surface area (Å²) in [7, 11) is 0. The average molecular weight is 331 g/mol. The van der Waals surface area contributed by atoms with Gasteiger partial charge in [-0.05, 0) is 23.8 Å². The lowest BCUT2D eigenvalue weighted by Gasteiger charge is -2.18. The van der Waals surface area contributed by atoms with E-state index in [9.17, 15) is 9.59 Å². The molecule has 0 spiro atoms. The summed E-state index contributed by atoms with van der Waals surface area (Å²) >= 11 is 1.34. The molecule has 7 heteroatoms. The molecule has 0 atom stereocenters. The van der Waals surface area contributed by atoms with Crippen molar-refractivity contribution in [2.24, 2.45) is 0 Å². The zero-order chi connectivity index (χ0) is 16.7. The molecule has 2 amide bonds. The first kappa shape index (κ1) is 16.9. The lowest BCUT2D eigenvalue weighted by atomic mass is 10.1. The standard InChI is InChI=1S/C16H17N3O3S/c1-2-14(21)18-13-5-3-4-12(10-13)11-15(22)19(7-8-20)16-17-6-9-23-16/h2-6,9-10,20H,1,7-8,11H2,(H,18,21). The van der Waals surface area contributed by atoms with Crippen LogP contribution < -0.4 is 10.2 Å². The number of hydrogen-bond acceptors (Lipinski definition) is 5. The van der Waals surface area contributed by atoms with Crippen LogP contribution in [0.15, 0.2) is 48.5 Å². The molecule has 0 saturated heterocycles. The number of aliphatic hydroxyl groups is 1. The molecule has 1 aromatic carbocycles. The van der Waals surface area contributed by atoms with E-state index in [4.69, 9.17) is 5.11 Å². The highest BCUT2D eigenvalue weighted by Crippen LogP contribution is 2.19. The van der Waals surface area contributed by atoms with Crippen LogP contribution in [0.25, 0.3) is 0 Å². The van der Waals surface area contributed by atoms with Crippen LogP contribution in [0.5, 0.6) is 0 Å². The quantitative estimate of drug-likeness (QED) is 0.759. The van der Waals surface area contributed by atoms with E-state index in [2.05, 4.69) is 16.9 Å². The number of aromatic nitrogens is 1. The summed E-state index contributed by atoms with van der Waals surface area (Å²) in [6.07, 6.45) is 2.95. The number of carbonyl (C=O) groups is 2. The summed E-state index contributed by atoms with van der Waals surface area (Å²) in [6.45, 7) is 3.45. The van der Waals surface area contributed by atoms with Crippen LogP contribution in [0.1, 0.15) is 5.56 Å². The van der Waals surface area contributed by atoms with Gasteiger partial charge in [0, 0.05) is 17.3 Å². The molecule has 2 N–H and O–H groups in total. The second-order valence-corrected chi connectivity index (χ2v) is 5.53. The molecule has 1 heterocycles. The highest BCUT2D eigenvalue weighted by atomic mass is 32.1. The lowest BCUT2D eigenvalue weighted by Crippen LogP contribution is -2.34. The fraction of sp³-hybridized carbons (Fsp3) is 0.188. The van der Waals surface area contributed by atoms with Gasteiger partial charge in [-0.1, -0.05) is 18.7 Å². The molecule has 0 saturated carbocycles. The highest BCUT2D eigenvalue weighted by Gasteiger charge is 2.18. The minimum absolute atomic E-state index is 0.138. The summed E-state index contributed by atoms with van der Waals surface area (Å²) in [5.74, 6) is -0.473. The van der Waals surface area contributed by atoms with E-state index < -0.39 is 0 Å². The van der Waals surface area contributed by atoms with E-state index in [-0.39, 0.29) is 31.4 Å². The first-order valence-electron chi connectivity index (χ1n) is 6.97. The van der Waals surface area contributed by atoms with Crippen LogP contribution in [-0.4, -0.2) is 35.1 Å². The Labute approximate surface area is 138 Å². The fourth-order valence-corrected chi connectivity index (χ4v) is 2.68. The minimum atomic E-state index is -0.307. The minimum Gasteiger partial charge on any atom is -0.395 e. The van der Waals surface area contributed by atoms with Gasteiger partial charge in [-0.15, -0.1) is 11.3 Å². The maximum atomic E-state index is 12.5. The molecule has 0 fully saturated rings. The summed E-state index contributed by atoms with van der Waals surface area (Å²) in [5.41, 5.74) is 1.36. The Morgan fingerprint density at radius 1 is 1.43 bits per heavy atom. The SMILES string of the molecule is C=CC(=O)Nc1cccc(CC(=O)N(CCO)c2nccs2)c1. The Morgan fingerprint density at radius 2 is 2.26 bits per heavy atom. The second-order valence-electron chi connectivity index (χ2n) is 4.65. The Hall–Kier alpha value is -2.51. The Balaban J connectivity index is 2.10. The van der Waals surface area contributed by atoms with Gasteiger partial charge in [-0.25, -0.2) is 4.98 Å². The van der Waals surface area contributed by atoms with Crippen LogP contribution in [0.2, 0.25) is 0 Å². The number of hydrogen-bond donors (Lipinski definition) is 2. The van der Waals surface area contributed by atoms with Gasteiger partial charge in [0.25, 0.3) is 0 Å². The van der Waals surface area contributed by atoms with Gasteiger partial charge in [0.15, 0.2) is 5.13 Å². The predicted molar refractivity (Wildman–Crippen MR) is 90.5 cm³/mol. The van der Waals surface area contributed by atoms with Crippen molar-refractivity contribution in [3.05, 3.63) is 54.1 Å². The third-order valence-electron chi connectivity index (χ3n) is 3.01. The van der Waals surface area contributed by atoms with Crippen LogP contribution in [0.3, 0.4) is 0 Å². The number of amides is 2. The van der Waals surface area contributed by atoms with Crippen molar-refractivity contribution >= 4 is 34.0 Å². The predicted octanol–water partition coefficient (Wildman–Crippen LogP) is 1.84. The molecule has 0 bridgehead atoms. The third kappa shape index (κ3) is 4.73. The van der Waals surface area contributed by atoms with E-state index in [0.717, 1.165) is 5.56 Å². The van der Waals surface area contributed by atoms with Crippen molar-refractivity contribution in [3.63, 3.8) is 0 Å². The molecule has 0 radical (unpaired) electrons. The molecule has 2 aromatic rings. The van der Waals surface area contributed by atoms with E-state index >= 15 is 0 Å². The van der Waals surface area contributed by atoms with E-state index in [1.54, 1.807) is 35.8 Å². The van der Waals surface area contributed by atoms with Crippen molar-refractivity contribution in [2.75, 3.05) is 23.4 Å². The maximum Gasteiger partial charge on any atom is 0.247 e. The number of thiazole rings is 1. The van der Waals surface area contributed by atoms with Crippen molar-refractivity contribution < 1.29 is 14.7 Å². The zero-order valence-electron chi connectivity index (χ0n) is 12.4. The van der Waals surface area contributed by atoms with Crippen molar-refractivity contribution in [1.82, 2.24) is 4.98 Å². The summed E-state index contributed by atoms with van der Waals surface area (Å²) in [6, 6.07) is 7.04. The Kier molecular flexibility index (Phi) is 6.02. The number of carbonyl (C=O) groups excluding carboxylic acids is 2. The molecule has 1 aromatic heterocycles. The summed E-state index contributed by atoms with van der Waals surface area (Å²) in [5, 5.41) is 14.1. The normalized spacial score (nSPS) is 10.1. The Morgan fingerprint density at radius 3 is 2.91 bits per heavy atom. The third-order valence-corrected chi connectivity index (χ3v) is 3.80. The van der Waals surface area contributed by atoms with Crippen molar-refractivity contribution in [2.45, 2.75) is 6.42 Å². The molecule has 0 aliphatic heterocycles. The molecule has 6 nitrogen and oxygen atoms in total. The van der Waals surface area contributed by atoms with Gasteiger partial charge in [0.05, 0.1) is 19.6 Å².